The van der Waals surface area contributed by atoms with E-state index in [9.17, 15) is 8.78 Å². The first-order chi connectivity index (χ1) is 9.60. The van der Waals surface area contributed by atoms with Crippen molar-refractivity contribution >= 4 is 17.2 Å². The Balaban J connectivity index is 2.33. The van der Waals surface area contributed by atoms with Crippen LogP contribution in [0.1, 0.15) is 5.56 Å². The molecule has 0 saturated carbocycles. The van der Waals surface area contributed by atoms with Crippen LogP contribution in [0.25, 0.3) is 0 Å². The average molecular weight is 276 g/mol. The van der Waals surface area contributed by atoms with E-state index in [1.165, 1.54) is 24.4 Å². The van der Waals surface area contributed by atoms with E-state index >= 15 is 0 Å². The van der Waals surface area contributed by atoms with Crippen LogP contribution in [0.2, 0.25) is 0 Å². The highest BCUT2D eigenvalue weighted by Crippen LogP contribution is 2.29. The predicted octanol–water partition coefficient (Wildman–Crippen LogP) is 2.88. The number of nitrogens with zero attached hydrogens (tertiary/aromatic N) is 2. The van der Waals surface area contributed by atoms with Gasteiger partial charge in [-0.25, -0.2) is 4.98 Å². The van der Waals surface area contributed by atoms with Gasteiger partial charge in [-0.3, -0.25) is 0 Å². The first-order valence-corrected chi connectivity index (χ1v) is 5.56. The molecule has 0 aliphatic carbocycles. The van der Waals surface area contributed by atoms with Crippen molar-refractivity contribution in [1.29, 1.82) is 5.26 Å². The van der Waals surface area contributed by atoms with Crippen LogP contribution in [0.15, 0.2) is 36.5 Å². The minimum absolute atomic E-state index is 0.0370. The summed E-state index contributed by atoms with van der Waals surface area (Å²) in [6.45, 7) is -2.94. The van der Waals surface area contributed by atoms with Crippen LogP contribution < -0.4 is 15.8 Å². The van der Waals surface area contributed by atoms with E-state index in [1.54, 1.807) is 12.1 Å². The number of nitrogen functional groups attached to an aromatic ring is 1. The average Bonchev–Trinajstić information content (AvgIpc) is 2.42. The van der Waals surface area contributed by atoms with E-state index < -0.39 is 6.61 Å². The van der Waals surface area contributed by atoms with E-state index in [2.05, 4.69) is 15.0 Å². The number of hydrogen-bond acceptors (Lipinski definition) is 5. The molecule has 0 spiro atoms. The Morgan fingerprint density at radius 3 is 2.80 bits per heavy atom. The van der Waals surface area contributed by atoms with Crippen LogP contribution in [0.3, 0.4) is 0 Å². The minimum atomic E-state index is -2.94. The van der Waals surface area contributed by atoms with Crippen LogP contribution in [0.5, 0.6) is 5.75 Å². The molecule has 3 N–H and O–H groups in total. The van der Waals surface area contributed by atoms with Crippen LogP contribution in [0, 0.1) is 11.3 Å². The number of nitrogens with one attached hydrogen (secondary N) is 1. The van der Waals surface area contributed by atoms with Crippen LogP contribution >= 0.6 is 0 Å². The van der Waals surface area contributed by atoms with Gasteiger partial charge in [0, 0.05) is 0 Å². The molecule has 0 radical (unpaired) electrons. The molecule has 0 amide bonds. The van der Waals surface area contributed by atoms with Crippen molar-refractivity contribution in [2.24, 2.45) is 0 Å². The molecule has 2 aromatic rings. The molecule has 0 saturated heterocycles. The summed E-state index contributed by atoms with van der Waals surface area (Å²) in [6.07, 6.45) is 1.36. The van der Waals surface area contributed by atoms with E-state index in [4.69, 9.17) is 11.0 Å². The molecule has 1 heterocycles. The molecule has 102 valence electrons. The second-order valence-electron chi connectivity index (χ2n) is 3.78. The Morgan fingerprint density at radius 1 is 1.35 bits per heavy atom. The number of pyridine rings is 1. The largest absolute Gasteiger partial charge is 0.433 e. The summed E-state index contributed by atoms with van der Waals surface area (Å²) < 4.78 is 29.0. The van der Waals surface area contributed by atoms with Crippen molar-refractivity contribution in [1.82, 2.24) is 4.98 Å². The normalized spacial score (nSPS) is 10.1. The maximum absolute atomic E-state index is 12.3. The maximum Gasteiger partial charge on any atom is 0.387 e. The van der Waals surface area contributed by atoms with Crippen molar-refractivity contribution < 1.29 is 13.5 Å². The highest BCUT2D eigenvalue weighted by Gasteiger charge is 2.11. The fourth-order valence-electron chi connectivity index (χ4n) is 1.56. The molecule has 2 rings (SSSR count). The maximum atomic E-state index is 12.3. The quantitative estimate of drug-likeness (QED) is 0.897. The van der Waals surface area contributed by atoms with Crippen LogP contribution in [0.4, 0.5) is 26.0 Å². The highest BCUT2D eigenvalue weighted by molar-refractivity contribution is 5.69. The molecule has 0 unspecified atom stereocenters. The third-order valence-electron chi connectivity index (χ3n) is 2.39. The summed E-state index contributed by atoms with van der Waals surface area (Å²) in [4.78, 5) is 3.96. The van der Waals surface area contributed by atoms with Gasteiger partial charge in [-0.2, -0.15) is 14.0 Å². The Hall–Kier alpha value is -2.88. The standard InChI is InChI=1S/C13H10F2N4O/c14-13(15)20-11-4-2-1-3-10(11)19-12-8(6-16)5-9(17)7-18-12/h1-5,7,13H,17H2,(H,18,19). The van der Waals surface area contributed by atoms with Gasteiger partial charge in [0.1, 0.15) is 17.6 Å². The lowest BCUT2D eigenvalue weighted by Crippen LogP contribution is -2.05. The number of alkyl halides is 2. The number of nitrogens with two attached hydrogens (primary N) is 1. The van der Waals surface area contributed by atoms with Gasteiger partial charge in [0.25, 0.3) is 0 Å². The summed E-state index contributed by atoms with van der Waals surface area (Å²) in [5, 5.41) is 11.8. The zero-order chi connectivity index (χ0) is 14.5. The van der Waals surface area contributed by atoms with Gasteiger partial charge in [-0.05, 0) is 18.2 Å². The lowest BCUT2D eigenvalue weighted by Gasteiger charge is -2.12. The fourth-order valence-corrected chi connectivity index (χ4v) is 1.56. The predicted molar refractivity (Wildman–Crippen MR) is 69.7 cm³/mol. The minimum Gasteiger partial charge on any atom is -0.433 e. The Bertz CT molecular complexity index is 655. The number of rotatable bonds is 4. The van der Waals surface area contributed by atoms with Gasteiger partial charge in [0.2, 0.25) is 0 Å². The summed E-state index contributed by atoms with van der Waals surface area (Å²) in [5.74, 6) is 0.178. The third kappa shape index (κ3) is 3.11. The lowest BCUT2D eigenvalue weighted by molar-refractivity contribution is -0.0493. The fraction of sp³-hybridized carbons (Fsp3) is 0.0769. The Labute approximate surface area is 113 Å². The Kier molecular flexibility index (Phi) is 3.96. The van der Waals surface area contributed by atoms with Crippen molar-refractivity contribution in [3.8, 4) is 11.8 Å². The van der Waals surface area contributed by atoms with Crippen molar-refractivity contribution in [3.05, 3.63) is 42.1 Å². The number of ether oxygens (including phenoxy) is 1. The molecular formula is C13H10F2N4O. The summed E-state index contributed by atoms with van der Waals surface area (Å²) >= 11 is 0. The summed E-state index contributed by atoms with van der Waals surface area (Å²) in [7, 11) is 0. The Morgan fingerprint density at radius 2 is 2.10 bits per heavy atom. The number of anilines is 3. The molecule has 0 bridgehead atoms. The zero-order valence-electron chi connectivity index (χ0n) is 10.2. The first kappa shape index (κ1) is 13.5. The number of hydrogen-bond donors (Lipinski definition) is 2. The van der Waals surface area contributed by atoms with Crippen molar-refractivity contribution in [2.75, 3.05) is 11.1 Å². The van der Waals surface area contributed by atoms with Gasteiger partial charge >= 0.3 is 6.61 Å². The lowest BCUT2D eigenvalue weighted by atomic mass is 10.2. The monoisotopic (exact) mass is 276 g/mol. The smallest absolute Gasteiger partial charge is 0.387 e. The van der Waals surface area contributed by atoms with Crippen LogP contribution in [-0.4, -0.2) is 11.6 Å². The SMILES string of the molecule is N#Cc1cc(N)cnc1Nc1ccccc1OC(F)F. The van der Waals surface area contributed by atoms with Crippen molar-refractivity contribution in [3.63, 3.8) is 0 Å². The molecular weight excluding hydrogens is 266 g/mol. The molecule has 5 nitrogen and oxygen atoms in total. The summed E-state index contributed by atoms with van der Waals surface area (Å²) in [5.41, 5.74) is 6.35. The van der Waals surface area contributed by atoms with E-state index in [-0.39, 0.29) is 22.8 Å². The number of aromatic nitrogens is 1. The topological polar surface area (TPSA) is 84.0 Å². The zero-order valence-corrected chi connectivity index (χ0v) is 10.2. The third-order valence-corrected chi connectivity index (χ3v) is 2.39. The van der Waals surface area contributed by atoms with Gasteiger partial charge in [-0.1, -0.05) is 12.1 Å². The molecule has 0 aliphatic rings. The molecule has 1 aromatic carbocycles. The van der Waals surface area contributed by atoms with Gasteiger partial charge in [0.05, 0.1) is 23.1 Å². The molecule has 0 fully saturated rings. The molecule has 1 aromatic heterocycles. The number of halogens is 2. The van der Waals surface area contributed by atoms with E-state index in [0.717, 1.165) is 0 Å². The highest BCUT2D eigenvalue weighted by atomic mass is 19.3. The van der Waals surface area contributed by atoms with Gasteiger partial charge < -0.3 is 15.8 Å². The van der Waals surface area contributed by atoms with E-state index in [1.807, 2.05) is 6.07 Å². The number of benzene rings is 1. The summed E-state index contributed by atoms with van der Waals surface area (Å²) in [6, 6.07) is 9.49. The molecule has 0 atom stereocenters. The second kappa shape index (κ2) is 5.84. The van der Waals surface area contributed by atoms with Gasteiger partial charge in [0.15, 0.2) is 0 Å². The molecule has 7 heteroatoms. The van der Waals surface area contributed by atoms with E-state index in [0.29, 0.717) is 5.69 Å². The first-order valence-electron chi connectivity index (χ1n) is 5.56. The van der Waals surface area contributed by atoms with Crippen LogP contribution in [-0.2, 0) is 0 Å². The molecule has 20 heavy (non-hydrogen) atoms. The number of para-hydroxylation sites is 2. The second-order valence-corrected chi connectivity index (χ2v) is 3.78. The number of nitriles is 1. The molecule has 0 aliphatic heterocycles. The van der Waals surface area contributed by atoms with Gasteiger partial charge in [-0.15, -0.1) is 0 Å². The van der Waals surface area contributed by atoms with Crippen molar-refractivity contribution in [2.45, 2.75) is 6.61 Å².